The van der Waals surface area contributed by atoms with E-state index < -0.39 is 11.2 Å². The molecule has 0 unspecified atom stereocenters. The number of aryl methyl sites for hydroxylation is 2. The maximum absolute atomic E-state index is 12.3. The average Bonchev–Trinajstić information content (AvgIpc) is 2.62. The quantitative estimate of drug-likeness (QED) is 0.665. The minimum absolute atomic E-state index is 0.329. The lowest BCUT2D eigenvalue weighted by molar-refractivity contribution is 0.0810. The molecule has 0 bridgehead atoms. The number of H-pyrrole nitrogens is 1. The van der Waals surface area contributed by atoms with E-state index in [-0.39, 0.29) is 0 Å². The van der Waals surface area contributed by atoms with E-state index in [1.54, 1.807) is 6.92 Å². The Kier molecular flexibility index (Phi) is 5.86. The number of nitrogens with zero attached hydrogens (tertiary/aromatic N) is 1. The second-order valence-corrected chi connectivity index (χ2v) is 7.54. The van der Waals surface area contributed by atoms with Gasteiger partial charge in [0.2, 0.25) is 0 Å². The number of benzene rings is 2. The molecule has 0 aliphatic heterocycles. The first-order valence-electron chi connectivity index (χ1n) is 8.73. The molecule has 0 spiro atoms. The van der Waals surface area contributed by atoms with Crippen LogP contribution in [0.5, 0.6) is 0 Å². The van der Waals surface area contributed by atoms with Gasteiger partial charge in [0.25, 0.3) is 5.56 Å². The monoisotopic (exact) mass is 382 g/mol. The van der Waals surface area contributed by atoms with E-state index in [0.717, 1.165) is 21.6 Å². The van der Waals surface area contributed by atoms with E-state index in [1.165, 1.54) is 16.5 Å². The van der Waals surface area contributed by atoms with Gasteiger partial charge in [-0.25, -0.2) is 4.79 Å². The van der Waals surface area contributed by atoms with Crippen molar-refractivity contribution in [2.75, 3.05) is 6.61 Å². The van der Waals surface area contributed by atoms with E-state index >= 15 is 0 Å². The number of aromatic amines is 1. The third-order valence-corrected chi connectivity index (χ3v) is 5.25. The van der Waals surface area contributed by atoms with E-state index in [4.69, 9.17) is 4.84 Å². The average molecular weight is 382 g/mol. The lowest BCUT2D eigenvalue weighted by atomic mass is 10.2. The van der Waals surface area contributed by atoms with Crippen LogP contribution in [0.3, 0.4) is 0 Å². The van der Waals surface area contributed by atoms with Gasteiger partial charge in [-0.1, -0.05) is 48.2 Å². The van der Waals surface area contributed by atoms with E-state index in [0.29, 0.717) is 23.6 Å². The Balaban J connectivity index is 1.89. The molecule has 0 aliphatic rings. The molecule has 0 amide bonds. The molecular weight excluding hydrogens is 360 g/mol. The van der Waals surface area contributed by atoms with Gasteiger partial charge in [0.05, 0.1) is 0 Å². The molecule has 0 atom stereocenters. The first kappa shape index (κ1) is 19.0. The molecule has 2 aromatic carbocycles. The van der Waals surface area contributed by atoms with Gasteiger partial charge in [-0.15, -0.1) is 4.73 Å². The highest BCUT2D eigenvalue weighted by atomic mass is 32.2. The zero-order valence-corrected chi connectivity index (χ0v) is 16.4. The third kappa shape index (κ3) is 4.71. The molecule has 140 valence electrons. The molecule has 3 aromatic rings. The largest absolute Gasteiger partial charge is 0.408 e. The smallest absolute Gasteiger partial charge is 0.362 e. The van der Waals surface area contributed by atoms with Crippen molar-refractivity contribution < 1.29 is 4.84 Å². The second kappa shape index (κ2) is 8.31. The first-order valence-corrected chi connectivity index (χ1v) is 9.55. The number of hydrogen-bond donors (Lipinski definition) is 1. The highest BCUT2D eigenvalue weighted by Gasteiger charge is 2.15. The van der Waals surface area contributed by atoms with Gasteiger partial charge in [-0.05, 0) is 49.6 Å². The van der Waals surface area contributed by atoms with Crippen molar-refractivity contribution in [2.45, 2.75) is 37.1 Å². The highest BCUT2D eigenvalue weighted by molar-refractivity contribution is 7.99. The van der Waals surface area contributed by atoms with Crippen molar-refractivity contribution in [3.8, 4) is 0 Å². The maximum atomic E-state index is 12.3. The van der Waals surface area contributed by atoms with Crippen molar-refractivity contribution in [3.05, 3.63) is 91.6 Å². The molecule has 0 fully saturated rings. The predicted octanol–water partition coefficient (Wildman–Crippen LogP) is 3.28. The van der Waals surface area contributed by atoms with Crippen LogP contribution >= 0.6 is 11.8 Å². The molecule has 1 aromatic heterocycles. The molecular formula is C21H22N2O3S. The molecule has 0 saturated carbocycles. The van der Waals surface area contributed by atoms with Gasteiger partial charge in [0.15, 0.2) is 0 Å². The third-order valence-electron chi connectivity index (χ3n) is 4.11. The van der Waals surface area contributed by atoms with Crippen LogP contribution in [-0.2, 0) is 6.42 Å². The van der Waals surface area contributed by atoms with Crippen LogP contribution < -0.4 is 16.1 Å². The molecule has 1 heterocycles. The normalized spacial score (nSPS) is 10.8. The summed E-state index contributed by atoms with van der Waals surface area (Å²) in [6.07, 6.45) is 0.666. The Morgan fingerprint density at radius 3 is 2.33 bits per heavy atom. The van der Waals surface area contributed by atoms with Gasteiger partial charge in [0, 0.05) is 16.9 Å². The fraction of sp³-hybridized carbons (Fsp3) is 0.238. The topological polar surface area (TPSA) is 64.1 Å². The van der Waals surface area contributed by atoms with Gasteiger partial charge in [-0.2, -0.15) is 0 Å². The lowest BCUT2D eigenvalue weighted by Crippen LogP contribution is -2.37. The van der Waals surface area contributed by atoms with Crippen LogP contribution in [0.2, 0.25) is 0 Å². The van der Waals surface area contributed by atoms with Crippen molar-refractivity contribution in [1.82, 2.24) is 9.71 Å². The molecule has 6 heteroatoms. The molecule has 0 aliphatic carbocycles. The standard InChI is InChI=1S/C21H22N2O3S/c1-14-11-15(2)13-18(12-14)27-20-16(3)19(24)22-21(25)23(20)26-10-9-17-7-5-4-6-8-17/h4-8,11-13H,9-10H2,1-3H3,(H,22,24,25). The highest BCUT2D eigenvalue weighted by Crippen LogP contribution is 2.29. The molecule has 3 rings (SSSR count). The number of rotatable bonds is 6. The Labute approximate surface area is 162 Å². The molecule has 1 N–H and O–H groups in total. The molecule has 5 nitrogen and oxygen atoms in total. The van der Waals surface area contributed by atoms with Crippen molar-refractivity contribution in [3.63, 3.8) is 0 Å². The number of hydrogen-bond acceptors (Lipinski definition) is 4. The van der Waals surface area contributed by atoms with Gasteiger partial charge in [-0.3, -0.25) is 9.78 Å². The fourth-order valence-corrected chi connectivity index (χ4v) is 4.00. The summed E-state index contributed by atoms with van der Waals surface area (Å²) in [5.41, 5.74) is 2.87. The lowest BCUT2D eigenvalue weighted by Gasteiger charge is -2.15. The van der Waals surface area contributed by atoms with Crippen molar-refractivity contribution in [2.24, 2.45) is 0 Å². The van der Waals surface area contributed by atoms with Crippen LogP contribution in [0.15, 0.2) is 68.0 Å². The van der Waals surface area contributed by atoms with Crippen LogP contribution in [0.4, 0.5) is 0 Å². The van der Waals surface area contributed by atoms with Crippen LogP contribution in [0.1, 0.15) is 22.3 Å². The number of aromatic nitrogens is 2. The Morgan fingerprint density at radius 2 is 1.67 bits per heavy atom. The van der Waals surface area contributed by atoms with Gasteiger partial charge < -0.3 is 4.84 Å². The van der Waals surface area contributed by atoms with Crippen LogP contribution in [-0.4, -0.2) is 16.3 Å². The fourth-order valence-electron chi connectivity index (χ4n) is 2.82. The first-order chi connectivity index (χ1) is 12.9. The predicted molar refractivity (Wildman–Crippen MR) is 108 cm³/mol. The van der Waals surface area contributed by atoms with Crippen LogP contribution in [0.25, 0.3) is 0 Å². The molecule has 27 heavy (non-hydrogen) atoms. The summed E-state index contributed by atoms with van der Waals surface area (Å²) in [6, 6.07) is 16.0. The SMILES string of the molecule is Cc1cc(C)cc(Sc2c(C)c(=O)[nH]c(=O)n2OCCc2ccccc2)c1. The minimum Gasteiger partial charge on any atom is -0.408 e. The van der Waals surface area contributed by atoms with Crippen molar-refractivity contribution >= 4 is 11.8 Å². The summed E-state index contributed by atoms with van der Waals surface area (Å²) >= 11 is 1.36. The Morgan fingerprint density at radius 1 is 1.00 bits per heavy atom. The summed E-state index contributed by atoms with van der Waals surface area (Å²) in [6.45, 7) is 6.06. The summed E-state index contributed by atoms with van der Waals surface area (Å²) in [7, 11) is 0. The maximum Gasteiger partial charge on any atom is 0.362 e. The molecule has 0 radical (unpaired) electrons. The van der Waals surface area contributed by atoms with Crippen LogP contribution in [0, 0.1) is 20.8 Å². The summed E-state index contributed by atoms with van der Waals surface area (Å²) in [4.78, 5) is 33.5. The minimum atomic E-state index is -0.564. The Bertz CT molecular complexity index is 1040. The van der Waals surface area contributed by atoms with E-state index in [9.17, 15) is 9.59 Å². The summed E-state index contributed by atoms with van der Waals surface area (Å²) in [5, 5.41) is 0.502. The van der Waals surface area contributed by atoms with E-state index in [2.05, 4.69) is 11.1 Å². The molecule has 0 saturated heterocycles. The Hall–Kier alpha value is -2.73. The zero-order valence-electron chi connectivity index (χ0n) is 15.6. The number of nitrogens with one attached hydrogen (secondary N) is 1. The second-order valence-electron chi connectivity index (χ2n) is 6.48. The van der Waals surface area contributed by atoms with Gasteiger partial charge in [0.1, 0.15) is 11.6 Å². The van der Waals surface area contributed by atoms with Crippen molar-refractivity contribution in [1.29, 1.82) is 0 Å². The zero-order chi connectivity index (χ0) is 19.4. The van der Waals surface area contributed by atoms with Gasteiger partial charge >= 0.3 is 5.69 Å². The summed E-state index contributed by atoms with van der Waals surface area (Å²) < 4.78 is 1.20. The summed E-state index contributed by atoms with van der Waals surface area (Å²) in [5.74, 6) is 0. The van der Waals surface area contributed by atoms with E-state index in [1.807, 2.05) is 56.3 Å².